The lowest BCUT2D eigenvalue weighted by Crippen LogP contribution is -2.59. The van der Waals surface area contributed by atoms with Crippen molar-refractivity contribution in [3.05, 3.63) is 0 Å². The maximum atomic E-state index is 12.9. The van der Waals surface area contributed by atoms with Crippen LogP contribution in [-0.4, -0.2) is 81.8 Å². The van der Waals surface area contributed by atoms with Gasteiger partial charge >= 0.3 is 11.9 Å². The van der Waals surface area contributed by atoms with Gasteiger partial charge in [-0.25, -0.2) is 4.79 Å². The number of carbonyl (C=O) groups is 5. The van der Waals surface area contributed by atoms with Crippen LogP contribution in [0.25, 0.3) is 0 Å². The van der Waals surface area contributed by atoms with Crippen LogP contribution in [0.3, 0.4) is 0 Å². The van der Waals surface area contributed by atoms with Gasteiger partial charge in [-0.3, -0.25) is 19.2 Å². The molecule has 0 spiro atoms. The van der Waals surface area contributed by atoms with Gasteiger partial charge in [0.1, 0.15) is 24.2 Å². The molecule has 0 aliphatic heterocycles. The summed E-state index contributed by atoms with van der Waals surface area (Å²) in [6, 6.07) is -5.00. The summed E-state index contributed by atoms with van der Waals surface area (Å²) >= 11 is 0. The van der Waals surface area contributed by atoms with Gasteiger partial charge in [-0.05, 0) is 45.1 Å². The molecule has 0 radical (unpaired) electrons. The SMILES string of the molecule is CCC(C)C(NC(=O)C(CCC(=O)O)NC(=O)C(N)C(C)O)C(=O)NC(CCCCN)C(=O)O. The molecular weight excluding hydrogens is 450 g/mol. The topological polar surface area (TPSA) is 234 Å². The van der Waals surface area contributed by atoms with E-state index < -0.39 is 72.3 Å². The van der Waals surface area contributed by atoms with Crippen LogP contribution in [0.15, 0.2) is 0 Å². The van der Waals surface area contributed by atoms with E-state index in [0.29, 0.717) is 25.8 Å². The minimum absolute atomic E-state index is 0.161. The summed E-state index contributed by atoms with van der Waals surface area (Å²) in [6.45, 7) is 5.13. The van der Waals surface area contributed by atoms with Crippen molar-refractivity contribution in [2.75, 3.05) is 6.54 Å². The highest BCUT2D eigenvalue weighted by atomic mass is 16.4. The van der Waals surface area contributed by atoms with Crippen molar-refractivity contribution in [3.63, 3.8) is 0 Å². The average molecular weight is 490 g/mol. The summed E-state index contributed by atoms with van der Waals surface area (Å²) in [5.41, 5.74) is 11.0. The van der Waals surface area contributed by atoms with Crippen LogP contribution in [0.1, 0.15) is 59.3 Å². The molecule has 0 saturated carbocycles. The second-order valence-electron chi connectivity index (χ2n) is 8.32. The number of hydrogen-bond donors (Lipinski definition) is 8. The van der Waals surface area contributed by atoms with E-state index in [1.807, 2.05) is 0 Å². The molecule has 0 rings (SSSR count). The summed E-state index contributed by atoms with van der Waals surface area (Å²) in [6.07, 6.45) is -0.258. The molecule has 13 heteroatoms. The maximum Gasteiger partial charge on any atom is 0.326 e. The van der Waals surface area contributed by atoms with E-state index in [9.17, 15) is 34.2 Å². The van der Waals surface area contributed by atoms with Gasteiger partial charge in [0.15, 0.2) is 0 Å². The molecule has 0 fully saturated rings. The molecule has 10 N–H and O–H groups in total. The lowest BCUT2D eigenvalue weighted by molar-refractivity contribution is -0.143. The number of unbranched alkanes of at least 4 members (excludes halogenated alkanes) is 1. The first-order chi connectivity index (χ1) is 15.8. The van der Waals surface area contributed by atoms with Crippen molar-refractivity contribution in [3.8, 4) is 0 Å². The molecule has 0 aromatic carbocycles. The van der Waals surface area contributed by atoms with Gasteiger partial charge in [0.05, 0.1) is 6.10 Å². The summed E-state index contributed by atoms with van der Waals surface area (Å²) in [7, 11) is 0. The van der Waals surface area contributed by atoms with Crippen molar-refractivity contribution in [2.45, 2.75) is 89.6 Å². The van der Waals surface area contributed by atoms with Crippen LogP contribution in [0.5, 0.6) is 0 Å². The van der Waals surface area contributed by atoms with Gasteiger partial charge in [0.2, 0.25) is 17.7 Å². The third-order valence-electron chi connectivity index (χ3n) is 5.46. The molecule has 6 unspecified atom stereocenters. The summed E-state index contributed by atoms with van der Waals surface area (Å²) in [5, 5.41) is 35.1. The van der Waals surface area contributed by atoms with E-state index in [1.54, 1.807) is 13.8 Å². The van der Waals surface area contributed by atoms with Gasteiger partial charge in [-0.2, -0.15) is 0 Å². The second kappa shape index (κ2) is 16.0. The van der Waals surface area contributed by atoms with Crippen molar-refractivity contribution in [2.24, 2.45) is 17.4 Å². The van der Waals surface area contributed by atoms with Crippen LogP contribution >= 0.6 is 0 Å². The molecule has 6 atom stereocenters. The maximum absolute atomic E-state index is 12.9. The Bertz CT molecular complexity index is 703. The molecule has 0 aliphatic carbocycles. The predicted octanol–water partition coefficient (Wildman–Crippen LogP) is -1.73. The first-order valence-corrected chi connectivity index (χ1v) is 11.3. The average Bonchev–Trinajstić information content (AvgIpc) is 2.77. The van der Waals surface area contributed by atoms with E-state index in [1.165, 1.54) is 6.92 Å². The number of carboxylic acids is 2. The van der Waals surface area contributed by atoms with Crippen LogP contribution in [0.2, 0.25) is 0 Å². The molecular formula is C21H39N5O8. The number of rotatable bonds is 17. The lowest BCUT2D eigenvalue weighted by Gasteiger charge is -2.28. The fourth-order valence-corrected chi connectivity index (χ4v) is 2.99. The van der Waals surface area contributed by atoms with E-state index in [-0.39, 0.29) is 12.8 Å². The van der Waals surface area contributed by atoms with Gasteiger partial charge in [-0.1, -0.05) is 20.3 Å². The van der Waals surface area contributed by atoms with Crippen LogP contribution in [0, 0.1) is 5.92 Å². The standard InChI is InChI=1S/C21H39N5O8/c1-4-11(2)17(20(32)25-14(21(33)34)7-5-6-10-22)26-18(30)13(8-9-15(28)29)24-19(31)16(23)12(3)27/h11-14,16-17,27H,4-10,22-23H2,1-3H3,(H,24,31)(H,25,32)(H,26,30)(H,28,29)(H,33,34). The van der Waals surface area contributed by atoms with Crippen molar-refractivity contribution < 1.29 is 39.3 Å². The van der Waals surface area contributed by atoms with Gasteiger partial charge in [-0.15, -0.1) is 0 Å². The van der Waals surface area contributed by atoms with Crippen molar-refractivity contribution >= 4 is 29.7 Å². The molecule has 0 heterocycles. The Hall–Kier alpha value is -2.77. The molecule has 0 aromatic rings. The molecule has 0 bridgehead atoms. The number of nitrogens with one attached hydrogen (secondary N) is 3. The Kier molecular flexibility index (Phi) is 14.7. The fourth-order valence-electron chi connectivity index (χ4n) is 2.99. The second-order valence-corrected chi connectivity index (χ2v) is 8.32. The number of carboxylic acid groups (broad SMARTS) is 2. The van der Waals surface area contributed by atoms with E-state index in [4.69, 9.17) is 16.6 Å². The number of aliphatic hydroxyl groups excluding tert-OH is 1. The third-order valence-corrected chi connectivity index (χ3v) is 5.46. The summed E-state index contributed by atoms with van der Waals surface area (Å²) < 4.78 is 0. The minimum Gasteiger partial charge on any atom is -0.481 e. The zero-order valence-electron chi connectivity index (χ0n) is 20.0. The predicted molar refractivity (Wildman–Crippen MR) is 122 cm³/mol. The molecule has 0 saturated heterocycles. The summed E-state index contributed by atoms with van der Waals surface area (Å²) in [4.78, 5) is 60.6. The highest BCUT2D eigenvalue weighted by molar-refractivity contribution is 5.94. The number of amides is 3. The zero-order valence-corrected chi connectivity index (χ0v) is 20.0. The van der Waals surface area contributed by atoms with E-state index in [2.05, 4.69) is 16.0 Å². The first kappa shape index (κ1) is 31.2. The van der Waals surface area contributed by atoms with Crippen LogP contribution in [-0.2, 0) is 24.0 Å². The monoisotopic (exact) mass is 489 g/mol. The van der Waals surface area contributed by atoms with E-state index >= 15 is 0 Å². The van der Waals surface area contributed by atoms with Crippen molar-refractivity contribution in [1.82, 2.24) is 16.0 Å². The Balaban J connectivity index is 5.57. The molecule has 0 aliphatic rings. The zero-order chi connectivity index (χ0) is 26.4. The van der Waals surface area contributed by atoms with Crippen LogP contribution < -0.4 is 27.4 Å². The largest absolute Gasteiger partial charge is 0.481 e. The number of carbonyl (C=O) groups excluding carboxylic acids is 3. The highest BCUT2D eigenvalue weighted by Crippen LogP contribution is 2.11. The number of aliphatic carboxylic acids is 2. The number of nitrogens with two attached hydrogens (primary N) is 2. The van der Waals surface area contributed by atoms with Crippen LogP contribution in [0.4, 0.5) is 0 Å². The smallest absolute Gasteiger partial charge is 0.326 e. The molecule has 0 aromatic heterocycles. The molecule has 13 nitrogen and oxygen atoms in total. The molecule has 34 heavy (non-hydrogen) atoms. The minimum atomic E-state index is -1.35. The Labute approximate surface area is 199 Å². The summed E-state index contributed by atoms with van der Waals surface area (Å²) in [5.74, 6) is -5.24. The molecule has 196 valence electrons. The van der Waals surface area contributed by atoms with Gasteiger partial charge < -0.3 is 42.7 Å². The third kappa shape index (κ3) is 11.4. The Morgan fingerprint density at radius 1 is 0.853 bits per heavy atom. The molecule has 3 amide bonds. The highest BCUT2D eigenvalue weighted by Gasteiger charge is 2.33. The number of aliphatic hydroxyl groups is 1. The van der Waals surface area contributed by atoms with E-state index in [0.717, 1.165) is 0 Å². The van der Waals surface area contributed by atoms with Gasteiger partial charge in [0, 0.05) is 6.42 Å². The van der Waals surface area contributed by atoms with Gasteiger partial charge in [0.25, 0.3) is 0 Å². The fraction of sp³-hybridized carbons (Fsp3) is 0.762. The first-order valence-electron chi connectivity index (χ1n) is 11.3. The lowest BCUT2D eigenvalue weighted by atomic mass is 9.96. The Morgan fingerprint density at radius 3 is 1.91 bits per heavy atom. The normalized spacial score (nSPS) is 16.3. The quantitative estimate of drug-likeness (QED) is 0.107. The number of hydrogen-bond acceptors (Lipinski definition) is 8. The van der Waals surface area contributed by atoms with Crippen molar-refractivity contribution in [1.29, 1.82) is 0 Å². The Morgan fingerprint density at radius 2 is 1.44 bits per heavy atom.